The van der Waals surface area contributed by atoms with Crippen molar-refractivity contribution in [1.29, 1.82) is 0 Å². The van der Waals surface area contributed by atoms with Gasteiger partial charge in [-0.1, -0.05) is 19.3 Å². The normalized spacial score (nSPS) is 18.1. The highest BCUT2D eigenvalue weighted by Gasteiger charge is 2.22. The second-order valence-electron chi connectivity index (χ2n) is 5.19. The predicted molar refractivity (Wildman–Crippen MR) is 69.5 cm³/mol. The molecule has 0 aromatic carbocycles. The first-order valence-corrected chi connectivity index (χ1v) is 6.76. The number of carboxylic acid groups (broad SMARTS) is 1. The topological polar surface area (TPSA) is 69.6 Å². The van der Waals surface area contributed by atoms with Crippen LogP contribution in [0.15, 0.2) is 0 Å². The molecule has 5 nitrogen and oxygen atoms in total. The summed E-state index contributed by atoms with van der Waals surface area (Å²) in [5, 5.41) is 11.4. The van der Waals surface area contributed by atoms with Crippen LogP contribution in [0, 0.1) is 0 Å². The Labute approximate surface area is 109 Å². The Morgan fingerprint density at radius 1 is 1.33 bits per heavy atom. The number of nitrogens with one attached hydrogen (secondary N) is 1. The summed E-state index contributed by atoms with van der Waals surface area (Å²) in [6.07, 6.45) is 6.36. The number of hydrogen-bond acceptors (Lipinski definition) is 2. The van der Waals surface area contributed by atoms with Crippen molar-refractivity contribution in [2.45, 2.75) is 64.0 Å². The molecule has 1 fully saturated rings. The Morgan fingerprint density at radius 3 is 2.50 bits per heavy atom. The van der Waals surface area contributed by atoms with E-state index in [-0.39, 0.29) is 18.5 Å². The van der Waals surface area contributed by atoms with Crippen LogP contribution in [0.25, 0.3) is 0 Å². The molecule has 104 valence electrons. The minimum Gasteiger partial charge on any atom is -0.481 e. The van der Waals surface area contributed by atoms with Crippen LogP contribution in [0.3, 0.4) is 0 Å². The molecule has 1 atom stereocenters. The summed E-state index contributed by atoms with van der Waals surface area (Å²) in [6.45, 7) is 1.84. The maximum absolute atomic E-state index is 12.0. The van der Waals surface area contributed by atoms with E-state index in [0.29, 0.717) is 12.5 Å². The van der Waals surface area contributed by atoms with Gasteiger partial charge in [0.25, 0.3) is 0 Å². The second-order valence-corrected chi connectivity index (χ2v) is 5.19. The van der Waals surface area contributed by atoms with Gasteiger partial charge in [-0.2, -0.15) is 0 Å². The minimum atomic E-state index is -0.822. The molecule has 5 heteroatoms. The van der Waals surface area contributed by atoms with Crippen LogP contribution in [-0.4, -0.2) is 41.1 Å². The van der Waals surface area contributed by atoms with E-state index in [1.807, 2.05) is 14.0 Å². The third-order valence-electron chi connectivity index (χ3n) is 3.60. The Kier molecular flexibility index (Phi) is 5.95. The summed E-state index contributed by atoms with van der Waals surface area (Å²) in [6, 6.07) is 0.157. The molecular formula is C13H24N2O3. The molecular weight excluding hydrogens is 232 g/mol. The lowest BCUT2D eigenvalue weighted by Crippen LogP contribution is -2.47. The molecule has 18 heavy (non-hydrogen) atoms. The smallest absolute Gasteiger partial charge is 0.317 e. The van der Waals surface area contributed by atoms with Crippen LogP contribution in [-0.2, 0) is 4.79 Å². The number of carbonyl (C=O) groups is 2. The molecule has 0 aliphatic heterocycles. The number of carbonyl (C=O) groups excluding carboxylic acids is 1. The minimum absolute atomic E-state index is 0.0835. The van der Waals surface area contributed by atoms with Gasteiger partial charge in [0.05, 0.1) is 0 Å². The Hall–Kier alpha value is -1.26. The number of aliphatic carboxylic acids is 1. The van der Waals surface area contributed by atoms with Crippen LogP contribution in [0.2, 0.25) is 0 Å². The van der Waals surface area contributed by atoms with Gasteiger partial charge < -0.3 is 15.3 Å². The zero-order valence-electron chi connectivity index (χ0n) is 11.3. The fourth-order valence-corrected chi connectivity index (χ4v) is 2.36. The lowest BCUT2D eigenvalue weighted by molar-refractivity contribution is -0.137. The zero-order chi connectivity index (χ0) is 13.5. The Morgan fingerprint density at radius 2 is 1.94 bits per heavy atom. The van der Waals surface area contributed by atoms with Gasteiger partial charge in [0.15, 0.2) is 0 Å². The van der Waals surface area contributed by atoms with E-state index < -0.39 is 5.97 Å². The van der Waals surface area contributed by atoms with E-state index in [9.17, 15) is 9.59 Å². The summed E-state index contributed by atoms with van der Waals surface area (Å²) in [5.41, 5.74) is 0. The average molecular weight is 256 g/mol. The first kappa shape index (κ1) is 14.8. The first-order valence-electron chi connectivity index (χ1n) is 6.76. The maximum atomic E-state index is 12.0. The molecule has 0 aromatic rings. The van der Waals surface area contributed by atoms with Crippen molar-refractivity contribution in [3.05, 3.63) is 0 Å². The molecule has 0 saturated heterocycles. The van der Waals surface area contributed by atoms with Crippen molar-refractivity contribution in [1.82, 2.24) is 10.2 Å². The van der Waals surface area contributed by atoms with Crippen molar-refractivity contribution in [3.63, 3.8) is 0 Å². The number of nitrogens with zero attached hydrogens (tertiary/aromatic N) is 1. The van der Waals surface area contributed by atoms with Crippen LogP contribution < -0.4 is 5.32 Å². The van der Waals surface area contributed by atoms with Crippen LogP contribution >= 0.6 is 0 Å². The Bertz CT molecular complexity index is 288. The number of carboxylic acids is 1. The molecule has 0 aromatic heterocycles. The van der Waals surface area contributed by atoms with E-state index in [1.165, 1.54) is 19.3 Å². The summed E-state index contributed by atoms with van der Waals surface area (Å²) in [7, 11) is 1.83. The van der Waals surface area contributed by atoms with Crippen LogP contribution in [0.5, 0.6) is 0 Å². The summed E-state index contributed by atoms with van der Waals surface area (Å²) < 4.78 is 0. The monoisotopic (exact) mass is 256 g/mol. The van der Waals surface area contributed by atoms with Gasteiger partial charge in [-0.15, -0.1) is 0 Å². The predicted octanol–water partition coefficient (Wildman–Crippen LogP) is 2.21. The molecule has 2 amide bonds. The van der Waals surface area contributed by atoms with E-state index in [0.717, 1.165) is 12.8 Å². The molecule has 2 N–H and O–H groups in total. The van der Waals surface area contributed by atoms with E-state index in [2.05, 4.69) is 5.32 Å². The van der Waals surface area contributed by atoms with E-state index >= 15 is 0 Å². The van der Waals surface area contributed by atoms with Gasteiger partial charge in [0, 0.05) is 25.6 Å². The van der Waals surface area contributed by atoms with Crippen LogP contribution in [0.4, 0.5) is 4.79 Å². The molecule has 1 aliphatic rings. The molecule has 0 bridgehead atoms. The van der Waals surface area contributed by atoms with Crippen molar-refractivity contribution >= 4 is 12.0 Å². The standard InChI is InChI=1S/C13H24N2O3/c1-10(8-9-12(16)17)14-13(18)15(2)11-6-4-3-5-7-11/h10-11H,3-9H2,1-2H3,(H,14,18)(H,16,17). The Balaban J connectivity index is 2.31. The second kappa shape index (κ2) is 7.24. The van der Waals surface area contributed by atoms with Gasteiger partial charge in [-0.05, 0) is 26.2 Å². The van der Waals surface area contributed by atoms with Gasteiger partial charge in [-0.3, -0.25) is 4.79 Å². The third-order valence-corrected chi connectivity index (χ3v) is 3.60. The van der Waals surface area contributed by atoms with E-state index in [1.54, 1.807) is 4.90 Å². The van der Waals surface area contributed by atoms with Gasteiger partial charge >= 0.3 is 12.0 Å². The number of hydrogen-bond donors (Lipinski definition) is 2. The zero-order valence-corrected chi connectivity index (χ0v) is 11.3. The highest BCUT2D eigenvalue weighted by Crippen LogP contribution is 2.21. The van der Waals surface area contributed by atoms with E-state index in [4.69, 9.17) is 5.11 Å². The lowest BCUT2D eigenvalue weighted by atomic mass is 9.95. The highest BCUT2D eigenvalue weighted by atomic mass is 16.4. The average Bonchev–Trinajstić information content (AvgIpc) is 2.36. The lowest BCUT2D eigenvalue weighted by Gasteiger charge is -2.32. The van der Waals surface area contributed by atoms with Crippen molar-refractivity contribution in [2.75, 3.05) is 7.05 Å². The highest BCUT2D eigenvalue weighted by molar-refractivity contribution is 5.74. The third kappa shape index (κ3) is 4.94. The number of rotatable bonds is 5. The maximum Gasteiger partial charge on any atom is 0.317 e. The number of urea groups is 1. The fourth-order valence-electron chi connectivity index (χ4n) is 2.36. The van der Waals surface area contributed by atoms with Crippen molar-refractivity contribution < 1.29 is 14.7 Å². The van der Waals surface area contributed by atoms with Crippen LogP contribution in [0.1, 0.15) is 51.9 Å². The molecule has 1 unspecified atom stereocenters. The van der Waals surface area contributed by atoms with Gasteiger partial charge in [0.1, 0.15) is 0 Å². The summed E-state index contributed by atoms with van der Waals surface area (Å²) in [4.78, 5) is 24.2. The fraction of sp³-hybridized carbons (Fsp3) is 0.846. The summed E-state index contributed by atoms with van der Waals surface area (Å²) in [5.74, 6) is -0.822. The largest absolute Gasteiger partial charge is 0.481 e. The van der Waals surface area contributed by atoms with Crippen molar-refractivity contribution in [2.24, 2.45) is 0 Å². The summed E-state index contributed by atoms with van der Waals surface area (Å²) >= 11 is 0. The quantitative estimate of drug-likeness (QED) is 0.792. The SMILES string of the molecule is CC(CCC(=O)O)NC(=O)N(C)C1CCCCC1. The van der Waals surface area contributed by atoms with Gasteiger partial charge in [0.2, 0.25) is 0 Å². The molecule has 1 aliphatic carbocycles. The number of amides is 2. The molecule has 0 spiro atoms. The molecule has 1 rings (SSSR count). The first-order chi connectivity index (χ1) is 8.50. The molecule has 0 heterocycles. The molecule has 1 saturated carbocycles. The van der Waals surface area contributed by atoms with Crippen molar-refractivity contribution in [3.8, 4) is 0 Å². The molecule has 0 radical (unpaired) electrons. The van der Waals surface area contributed by atoms with Gasteiger partial charge in [-0.25, -0.2) is 4.79 Å².